The molecule has 1 aliphatic heterocycles. The van der Waals surface area contributed by atoms with Crippen LogP contribution in [0.1, 0.15) is 29.7 Å². The van der Waals surface area contributed by atoms with Gasteiger partial charge in [-0.3, -0.25) is 4.79 Å². The molecule has 5 heteroatoms. The first-order valence-corrected chi connectivity index (χ1v) is 9.42. The zero-order valence-corrected chi connectivity index (χ0v) is 14.9. The van der Waals surface area contributed by atoms with Crippen molar-refractivity contribution in [2.45, 2.75) is 25.7 Å². The number of aryl methyl sites for hydroxylation is 1. The fourth-order valence-electron chi connectivity index (χ4n) is 3.21. The molecule has 1 aromatic heterocycles. The van der Waals surface area contributed by atoms with Crippen molar-refractivity contribution >= 4 is 51.2 Å². The lowest BCUT2D eigenvalue weighted by Crippen LogP contribution is -2.37. The molecule has 0 saturated heterocycles. The van der Waals surface area contributed by atoms with E-state index in [4.69, 9.17) is 5.10 Å². The fraction of sp³-hybridized carbons (Fsp3) is 0.294. The van der Waals surface area contributed by atoms with Gasteiger partial charge in [-0.2, -0.15) is 5.10 Å². The molecule has 1 unspecified atom stereocenters. The summed E-state index contributed by atoms with van der Waals surface area (Å²) in [5.41, 5.74) is 3.22. The molecule has 2 aliphatic rings. The largest absolute Gasteiger partial charge is 0.273 e. The third-order valence-corrected chi connectivity index (χ3v) is 6.00. The lowest BCUT2D eigenvalue weighted by Gasteiger charge is -2.28. The molecule has 0 spiro atoms. The van der Waals surface area contributed by atoms with Crippen molar-refractivity contribution in [1.29, 1.82) is 0 Å². The molecule has 2 heterocycles. The van der Waals surface area contributed by atoms with E-state index in [1.165, 1.54) is 10.4 Å². The average molecular weight is 422 g/mol. The van der Waals surface area contributed by atoms with E-state index in [1.807, 2.05) is 35.6 Å². The molecule has 0 N–H and O–H groups in total. The molecule has 1 aliphatic carbocycles. The number of nitrogens with zero attached hydrogens (tertiary/aromatic N) is 2. The minimum absolute atomic E-state index is 0.105. The number of hydrazone groups is 1. The van der Waals surface area contributed by atoms with Gasteiger partial charge in [0.15, 0.2) is 0 Å². The highest BCUT2D eigenvalue weighted by Gasteiger charge is 2.33. The van der Waals surface area contributed by atoms with Crippen LogP contribution >= 0.6 is 33.9 Å². The first-order valence-electron chi connectivity index (χ1n) is 7.46. The highest BCUT2D eigenvalue weighted by atomic mass is 127. The van der Waals surface area contributed by atoms with Gasteiger partial charge < -0.3 is 0 Å². The summed E-state index contributed by atoms with van der Waals surface area (Å²) < 4.78 is 1.16. The molecule has 0 bridgehead atoms. The maximum absolute atomic E-state index is 12.5. The number of carbonyl (C=O) groups excluding carboxylic acids is 1. The maximum atomic E-state index is 12.5. The van der Waals surface area contributed by atoms with Crippen LogP contribution in [0.5, 0.6) is 0 Å². The fourth-order valence-corrected chi connectivity index (χ4v) is 4.50. The Bertz CT molecular complexity index is 750. The minimum atomic E-state index is 0.105. The average Bonchev–Trinajstić information content (AvgIpc) is 2.91. The third kappa shape index (κ3) is 2.50. The first-order chi connectivity index (χ1) is 10.7. The van der Waals surface area contributed by atoms with Gasteiger partial charge in [0.05, 0.1) is 11.4 Å². The number of amides is 1. The first kappa shape index (κ1) is 14.4. The Morgan fingerprint density at radius 1 is 1.23 bits per heavy atom. The number of hydrogen-bond acceptors (Lipinski definition) is 3. The van der Waals surface area contributed by atoms with Gasteiger partial charge in [-0.15, -0.1) is 11.3 Å². The summed E-state index contributed by atoms with van der Waals surface area (Å²) in [6, 6.07) is 10.1. The van der Waals surface area contributed by atoms with Crippen LogP contribution in [0.2, 0.25) is 0 Å². The normalized spacial score (nSPS) is 21.0. The van der Waals surface area contributed by atoms with Gasteiger partial charge in [0.1, 0.15) is 0 Å². The molecular weight excluding hydrogens is 407 g/mol. The van der Waals surface area contributed by atoms with E-state index in [2.05, 4.69) is 34.0 Å². The molecule has 1 aromatic carbocycles. The highest BCUT2D eigenvalue weighted by molar-refractivity contribution is 14.1. The number of anilines is 1. The highest BCUT2D eigenvalue weighted by Crippen LogP contribution is 2.34. The van der Waals surface area contributed by atoms with Gasteiger partial charge in [0, 0.05) is 26.3 Å². The predicted molar refractivity (Wildman–Crippen MR) is 98.5 cm³/mol. The van der Waals surface area contributed by atoms with Crippen molar-refractivity contribution in [3.05, 3.63) is 49.7 Å². The molecule has 0 fully saturated rings. The SMILES string of the molecule is O=C1CC2CCCc3sccc3C2=NN1c1ccc(I)cc1. The topological polar surface area (TPSA) is 32.7 Å². The van der Waals surface area contributed by atoms with Crippen molar-refractivity contribution < 1.29 is 4.79 Å². The zero-order chi connectivity index (χ0) is 15.1. The van der Waals surface area contributed by atoms with Crippen molar-refractivity contribution in [2.24, 2.45) is 11.0 Å². The van der Waals surface area contributed by atoms with Crippen LogP contribution in [0.4, 0.5) is 5.69 Å². The van der Waals surface area contributed by atoms with Gasteiger partial charge >= 0.3 is 0 Å². The second-order valence-electron chi connectivity index (χ2n) is 5.72. The molecule has 1 atom stereocenters. The summed E-state index contributed by atoms with van der Waals surface area (Å²) in [5.74, 6) is 0.386. The molecular formula is C17H15IN2OS. The van der Waals surface area contributed by atoms with Crippen LogP contribution in [0.25, 0.3) is 0 Å². The van der Waals surface area contributed by atoms with Gasteiger partial charge in [-0.25, -0.2) is 5.01 Å². The van der Waals surface area contributed by atoms with E-state index in [0.29, 0.717) is 6.42 Å². The van der Waals surface area contributed by atoms with E-state index < -0.39 is 0 Å². The summed E-state index contributed by atoms with van der Waals surface area (Å²) in [6.07, 6.45) is 3.89. The van der Waals surface area contributed by atoms with E-state index >= 15 is 0 Å². The molecule has 2 aromatic rings. The van der Waals surface area contributed by atoms with Crippen LogP contribution in [-0.4, -0.2) is 11.6 Å². The van der Waals surface area contributed by atoms with E-state index in [9.17, 15) is 4.79 Å². The smallest absolute Gasteiger partial charge is 0.248 e. The Kier molecular flexibility index (Phi) is 3.78. The van der Waals surface area contributed by atoms with Crippen molar-refractivity contribution in [2.75, 3.05) is 5.01 Å². The van der Waals surface area contributed by atoms with Crippen LogP contribution < -0.4 is 5.01 Å². The quantitative estimate of drug-likeness (QED) is 0.626. The molecule has 0 saturated carbocycles. The second-order valence-corrected chi connectivity index (χ2v) is 7.96. The summed E-state index contributed by atoms with van der Waals surface area (Å²) in [6.45, 7) is 0. The monoisotopic (exact) mass is 422 g/mol. The number of benzene rings is 1. The summed E-state index contributed by atoms with van der Waals surface area (Å²) in [4.78, 5) is 13.9. The molecule has 22 heavy (non-hydrogen) atoms. The summed E-state index contributed by atoms with van der Waals surface area (Å²) in [5, 5.41) is 8.49. The van der Waals surface area contributed by atoms with Crippen LogP contribution in [0.15, 0.2) is 40.8 Å². The van der Waals surface area contributed by atoms with Crippen molar-refractivity contribution in [3.63, 3.8) is 0 Å². The Morgan fingerprint density at radius 2 is 2.05 bits per heavy atom. The molecule has 3 nitrogen and oxygen atoms in total. The predicted octanol–water partition coefficient (Wildman–Crippen LogP) is 4.45. The molecule has 112 valence electrons. The van der Waals surface area contributed by atoms with Crippen molar-refractivity contribution in [3.8, 4) is 0 Å². The third-order valence-electron chi connectivity index (χ3n) is 4.30. The lowest BCUT2D eigenvalue weighted by atomic mass is 9.91. The molecule has 4 rings (SSSR count). The van der Waals surface area contributed by atoms with E-state index in [1.54, 1.807) is 5.01 Å². The standard InChI is InChI=1S/C17H15IN2OS/c18-12-4-6-13(7-5-12)20-16(21)10-11-2-1-3-15-14(8-9-22-15)17(11)19-20/h4-9,11H,1-3,10H2. The minimum Gasteiger partial charge on any atom is -0.273 e. The summed E-state index contributed by atoms with van der Waals surface area (Å²) >= 11 is 4.08. The second kappa shape index (κ2) is 5.77. The van der Waals surface area contributed by atoms with Gasteiger partial charge in [0.2, 0.25) is 5.91 Å². The number of fused-ring (bicyclic) bond motifs is 3. The van der Waals surface area contributed by atoms with Crippen LogP contribution in [0, 0.1) is 9.49 Å². The number of thiophene rings is 1. The van der Waals surface area contributed by atoms with Gasteiger partial charge in [-0.1, -0.05) is 0 Å². The van der Waals surface area contributed by atoms with Crippen molar-refractivity contribution in [1.82, 2.24) is 0 Å². The molecule has 1 amide bonds. The number of rotatable bonds is 1. The molecule has 0 radical (unpaired) electrons. The number of carbonyl (C=O) groups is 1. The maximum Gasteiger partial charge on any atom is 0.248 e. The van der Waals surface area contributed by atoms with Crippen LogP contribution in [-0.2, 0) is 11.2 Å². The van der Waals surface area contributed by atoms with Gasteiger partial charge in [-0.05, 0) is 77.6 Å². The number of halogens is 1. The van der Waals surface area contributed by atoms with E-state index in [0.717, 1.165) is 34.2 Å². The zero-order valence-electron chi connectivity index (χ0n) is 12.0. The Labute approximate surface area is 147 Å². The van der Waals surface area contributed by atoms with E-state index in [-0.39, 0.29) is 11.8 Å². The lowest BCUT2D eigenvalue weighted by molar-refractivity contribution is -0.119. The number of hydrogen-bond donors (Lipinski definition) is 0. The Hall–Kier alpha value is -1.21. The Balaban J connectivity index is 1.79. The Morgan fingerprint density at radius 3 is 2.86 bits per heavy atom. The summed E-state index contributed by atoms with van der Waals surface area (Å²) in [7, 11) is 0. The van der Waals surface area contributed by atoms with Gasteiger partial charge in [0.25, 0.3) is 0 Å². The van der Waals surface area contributed by atoms with Crippen LogP contribution in [0.3, 0.4) is 0 Å².